The topological polar surface area (TPSA) is 0 Å². The van der Waals surface area contributed by atoms with Crippen LogP contribution in [-0.4, -0.2) is 0 Å². The Morgan fingerprint density at radius 2 is 1.58 bits per heavy atom. The van der Waals surface area contributed by atoms with E-state index in [0.717, 1.165) is 5.92 Å². The Hall–Kier alpha value is -1.56. The fourth-order valence-electron chi connectivity index (χ4n) is 3.32. The molecule has 2 aromatic rings. The summed E-state index contributed by atoms with van der Waals surface area (Å²) < 4.78 is 0. The van der Waals surface area contributed by atoms with E-state index in [-0.39, 0.29) is 0 Å². The first-order valence-corrected chi connectivity index (χ1v) is 7.50. The number of benzene rings is 2. The first-order valence-electron chi connectivity index (χ1n) is 7.50. The van der Waals surface area contributed by atoms with Crippen molar-refractivity contribution in [2.75, 3.05) is 0 Å². The smallest absolute Gasteiger partial charge is 0.0155 e. The number of hydrogen-bond acceptors (Lipinski definition) is 0. The molecule has 2 aromatic carbocycles. The van der Waals surface area contributed by atoms with E-state index in [1.807, 2.05) is 0 Å². The second-order valence-corrected chi connectivity index (χ2v) is 5.78. The minimum absolute atomic E-state index is 0.803. The number of rotatable bonds is 2. The van der Waals surface area contributed by atoms with Crippen LogP contribution in [0.3, 0.4) is 0 Å². The van der Waals surface area contributed by atoms with E-state index in [9.17, 15) is 0 Å². The van der Waals surface area contributed by atoms with Gasteiger partial charge in [0.25, 0.3) is 0 Å². The van der Waals surface area contributed by atoms with E-state index >= 15 is 0 Å². The van der Waals surface area contributed by atoms with Gasteiger partial charge in [-0.1, -0.05) is 67.8 Å². The van der Waals surface area contributed by atoms with Crippen molar-refractivity contribution in [3.05, 3.63) is 59.7 Å². The Morgan fingerprint density at radius 1 is 0.842 bits per heavy atom. The lowest BCUT2D eigenvalue weighted by Gasteiger charge is -2.23. The molecule has 3 rings (SSSR count). The third kappa shape index (κ3) is 2.73. The van der Waals surface area contributed by atoms with Crippen LogP contribution in [0.2, 0.25) is 0 Å². The summed E-state index contributed by atoms with van der Waals surface area (Å²) in [5, 5.41) is 0. The number of hydrogen-bond donors (Lipinski definition) is 0. The Kier molecular flexibility index (Phi) is 3.68. The molecule has 0 nitrogen and oxygen atoms in total. The van der Waals surface area contributed by atoms with E-state index in [1.54, 1.807) is 5.56 Å². The third-order valence-corrected chi connectivity index (χ3v) is 4.41. The average Bonchev–Trinajstić information content (AvgIpc) is 2.49. The summed E-state index contributed by atoms with van der Waals surface area (Å²) in [5.41, 5.74) is 5.67. The second kappa shape index (κ2) is 5.61. The molecule has 0 heteroatoms. The lowest BCUT2D eigenvalue weighted by Crippen LogP contribution is -2.04. The normalized spacial score (nSPS) is 16.5. The second-order valence-electron chi connectivity index (χ2n) is 5.78. The van der Waals surface area contributed by atoms with Crippen molar-refractivity contribution < 1.29 is 0 Å². The zero-order chi connectivity index (χ0) is 13.1. The molecule has 0 aliphatic heterocycles. The summed E-state index contributed by atoms with van der Waals surface area (Å²) in [6, 6.07) is 17.8. The van der Waals surface area contributed by atoms with Crippen LogP contribution < -0.4 is 0 Å². The fraction of sp³-hybridized carbons (Fsp3) is 0.368. The molecule has 0 spiro atoms. The monoisotopic (exact) mass is 250 g/mol. The molecular weight excluding hydrogens is 228 g/mol. The zero-order valence-corrected chi connectivity index (χ0v) is 11.7. The molecule has 0 heterocycles. The van der Waals surface area contributed by atoms with Crippen LogP contribution in [0.15, 0.2) is 48.5 Å². The van der Waals surface area contributed by atoms with Crippen molar-refractivity contribution in [1.82, 2.24) is 0 Å². The average molecular weight is 250 g/mol. The quantitative estimate of drug-likeness (QED) is 0.640. The van der Waals surface area contributed by atoms with Gasteiger partial charge in [-0.3, -0.25) is 0 Å². The predicted molar refractivity (Wildman–Crippen MR) is 82.4 cm³/mol. The molecule has 1 aliphatic rings. The van der Waals surface area contributed by atoms with Crippen molar-refractivity contribution in [1.29, 1.82) is 0 Å². The van der Waals surface area contributed by atoms with Crippen LogP contribution >= 0.6 is 0 Å². The fourth-order valence-corrected chi connectivity index (χ4v) is 3.32. The maximum atomic E-state index is 2.42. The van der Waals surface area contributed by atoms with Crippen molar-refractivity contribution in [2.45, 2.75) is 44.9 Å². The summed E-state index contributed by atoms with van der Waals surface area (Å²) in [5.74, 6) is 0.803. The van der Waals surface area contributed by atoms with Gasteiger partial charge in [-0.25, -0.2) is 0 Å². The van der Waals surface area contributed by atoms with Crippen molar-refractivity contribution in [3.63, 3.8) is 0 Å². The van der Waals surface area contributed by atoms with Crippen molar-refractivity contribution in [2.24, 2.45) is 0 Å². The molecule has 1 fully saturated rings. The van der Waals surface area contributed by atoms with Gasteiger partial charge >= 0.3 is 0 Å². The Balaban J connectivity index is 1.89. The standard InChI is InChI=1S/C19H22/c1-15-14-18(16-8-4-2-5-9-16)12-13-19(15)17-10-6-3-7-11-17/h3,6-7,10-14,16H,2,4-5,8-9H2,1H3. The third-order valence-electron chi connectivity index (χ3n) is 4.41. The van der Waals surface area contributed by atoms with Gasteiger partial charge in [-0.15, -0.1) is 0 Å². The molecule has 0 amide bonds. The van der Waals surface area contributed by atoms with Crippen LogP contribution in [0.1, 0.15) is 49.1 Å². The molecule has 0 saturated heterocycles. The number of aryl methyl sites for hydroxylation is 1. The van der Waals surface area contributed by atoms with E-state index in [1.165, 1.54) is 48.8 Å². The maximum Gasteiger partial charge on any atom is -0.0155 e. The van der Waals surface area contributed by atoms with Crippen LogP contribution in [-0.2, 0) is 0 Å². The molecule has 0 atom stereocenters. The lowest BCUT2D eigenvalue weighted by molar-refractivity contribution is 0.443. The van der Waals surface area contributed by atoms with Gasteiger partial charge in [-0.2, -0.15) is 0 Å². The highest BCUT2D eigenvalue weighted by molar-refractivity contribution is 5.67. The molecule has 0 unspecified atom stereocenters. The SMILES string of the molecule is Cc1cc(C2CCCCC2)ccc1-c1ccccc1. The Labute approximate surface area is 116 Å². The highest BCUT2D eigenvalue weighted by atomic mass is 14.2. The maximum absolute atomic E-state index is 2.42. The first-order chi connectivity index (χ1) is 9.34. The van der Waals surface area contributed by atoms with Crippen LogP contribution in [0.25, 0.3) is 11.1 Å². The van der Waals surface area contributed by atoms with Gasteiger partial charge in [0.15, 0.2) is 0 Å². The molecule has 0 bridgehead atoms. The summed E-state index contributed by atoms with van der Waals surface area (Å²) in [4.78, 5) is 0. The molecule has 98 valence electrons. The van der Waals surface area contributed by atoms with Gasteiger partial charge < -0.3 is 0 Å². The van der Waals surface area contributed by atoms with Crippen LogP contribution in [0.5, 0.6) is 0 Å². The van der Waals surface area contributed by atoms with Crippen molar-refractivity contribution in [3.8, 4) is 11.1 Å². The predicted octanol–water partition coefficient (Wildman–Crippen LogP) is 5.71. The minimum Gasteiger partial charge on any atom is -0.0622 e. The van der Waals surface area contributed by atoms with Gasteiger partial charge in [0.05, 0.1) is 0 Å². The minimum atomic E-state index is 0.803. The Morgan fingerprint density at radius 3 is 2.26 bits per heavy atom. The van der Waals surface area contributed by atoms with Gasteiger partial charge in [0.1, 0.15) is 0 Å². The van der Waals surface area contributed by atoms with Gasteiger partial charge in [-0.05, 0) is 47.9 Å². The highest BCUT2D eigenvalue weighted by Crippen LogP contribution is 2.34. The molecule has 0 aromatic heterocycles. The van der Waals surface area contributed by atoms with E-state index < -0.39 is 0 Å². The highest BCUT2D eigenvalue weighted by Gasteiger charge is 2.16. The summed E-state index contributed by atoms with van der Waals surface area (Å²) in [6.45, 7) is 2.24. The van der Waals surface area contributed by atoms with E-state index in [2.05, 4.69) is 55.5 Å². The molecule has 19 heavy (non-hydrogen) atoms. The summed E-state index contributed by atoms with van der Waals surface area (Å²) in [6.07, 6.45) is 7.00. The largest absolute Gasteiger partial charge is 0.0622 e. The van der Waals surface area contributed by atoms with Gasteiger partial charge in [0.2, 0.25) is 0 Å². The Bertz CT molecular complexity index is 533. The van der Waals surface area contributed by atoms with Crippen LogP contribution in [0, 0.1) is 6.92 Å². The lowest BCUT2D eigenvalue weighted by atomic mass is 9.83. The molecule has 1 saturated carbocycles. The van der Waals surface area contributed by atoms with E-state index in [4.69, 9.17) is 0 Å². The summed E-state index contributed by atoms with van der Waals surface area (Å²) in [7, 11) is 0. The van der Waals surface area contributed by atoms with Crippen LogP contribution in [0.4, 0.5) is 0 Å². The molecule has 0 radical (unpaired) electrons. The van der Waals surface area contributed by atoms with Crippen molar-refractivity contribution >= 4 is 0 Å². The van der Waals surface area contributed by atoms with Gasteiger partial charge in [0, 0.05) is 0 Å². The molecular formula is C19H22. The zero-order valence-electron chi connectivity index (χ0n) is 11.7. The van der Waals surface area contributed by atoms with E-state index in [0.29, 0.717) is 0 Å². The molecule has 1 aliphatic carbocycles. The summed E-state index contributed by atoms with van der Waals surface area (Å²) >= 11 is 0. The first kappa shape index (κ1) is 12.5. The molecule has 0 N–H and O–H groups in total.